The Hall–Kier alpha value is -0.120. The lowest BCUT2D eigenvalue weighted by atomic mass is 10.0. The fraction of sp³-hybridized carbons (Fsp3) is 1.00. The van der Waals surface area contributed by atoms with Crippen LogP contribution in [0, 0.1) is 5.92 Å². The van der Waals surface area contributed by atoms with Gasteiger partial charge in [0.05, 0.1) is 6.61 Å². The molecule has 0 spiro atoms. The van der Waals surface area contributed by atoms with E-state index in [2.05, 4.69) is 17.6 Å². The van der Waals surface area contributed by atoms with Crippen LogP contribution in [-0.4, -0.2) is 39.4 Å². The number of nitrogens with one attached hydrogen (secondary N) is 2. The molecule has 1 heterocycles. The largest absolute Gasteiger partial charge is 0.383 e. The lowest BCUT2D eigenvalue weighted by molar-refractivity contribution is 0.198. The molecule has 0 saturated carbocycles. The van der Waals surface area contributed by atoms with Gasteiger partial charge in [-0.25, -0.2) is 0 Å². The zero-order valence-electron chi connectivity index (χ0n) is 8.10. The Morgan fingerprint density at radius 1 is 1.58 bits per heavy atom. The van der Waals surface area contributed by atoms with Gasteiger partial charge in [0, 0.05) is 26.2 Å². The van der Waals surface area contributed by atoms with Crippen LogP contribution in [0.1, 0.15) is 13.3 Å². The lowest BCUT2D eigenvalue weighted by Crippen LogP contribution is -2.38. The van der Waals surface area contributed by atoms with E-state index in [4.69, 9.17) is 4.74 Å². The van der Waals surface area contributed by atoms with Crippen LogP contribution < -0.4 is 10.6 Å². The second kappa shape index (κ2) is 5.51. The molecule has 3 heteroatoms. The zero-order chi connectivity index (χ0) is 8.81. The third kappa shape index (κ3) is 3.09. The summed E-state index contributed by atoms with van der Waals surface area (Å²) in [5, 5.41) is 6.85. The van der Waals surface area contributed by atoms with E-state index in [1.807, 2.05) is 0 Å². The topological polar surface area (TPSA) is 33.3 Å². The summed E-state index contributed by atoms with van der Waals surface area (Å²) < 4.78 is 4.95. The summed E-state index contributed by atoms with van der Waals surface area (Å²) in [6, 6.07) is 0.668. The van der Waals surface area contributed by atoms with Crippen molar-refractivity contribution in [2.45, 2.75) is 19.4 Å². The fourth-order valence-electron chi connectivity index (χ4n) is 1.60. The Bertz CT molecular complexity index is 119. The Morgan fingerprint density at radius 2 is 2.42 bits per heavy atom. The van der Waals surface area contributed by atoms with Gasteiger partial charge in [0.2, 0.25) is 0 Å². The molecule has 0 aromatic rings. The van der Waals surface area contributed by atoms with Crippen molar-refractivity contribution in [3.8, 4) is 0 Å². The minimum Gasteiger partial charge on any atom is -0.383 e. The maximum atomic E-state index is 4.95. The number of rotatable bonds is 5. The van der Waals surface area contributed by atoms with Crippen molar-refractivity contribution in [2.24, 2.45) is 5.92 Å². The van der Waals surface area contributed by atoms with E-state index < -0.39 is 0 Å². The normalized spacial score (nSPS) is 29.5. The molecule has 0 aromatic heterocycles. The monoisotopic (exact) mass is 172 g/mol. The van der Waals surface area contributed by atoms with Gasteiger partial charge < -0.3 is 15.4 Å². The van der Waals surface area contributed by atoms with Crippen molar-refractivity contribution in [3.05, 3.63) is 0 Å². The van der Waals surface area contributed by atoms with Crippen LogP contribution in [-0.2, 0) is 4.74 Å². The molecule has 0 aromatic carbocycles. The van der Waals surface area contributed by atoms with E-state index in [1.54, 1.807) is 7.11 Å². The highest BCUT2D eigenvalue weighted by atomic mass is 16.5. The SMILES string of the molecule is COCCNCC1NCCC1C. The van der Waals surface area contributed by atoms with Crippen LogP contribution in [0.25, 0.3) is 0 Å². The molecule has 1 aliphatic heterocycles. The molecule has 0 amide bonds. The number of methoxy groups -OCH3 is 1. The van der Waals surface area contributed by atoms with Crippen LogP contribution in [0.2, 0.25) is 0 Å². The average Bonchev–Trinajstić information content (AvgIpc) is 2.46. The molecule has 1 fully saturated rings. The summed E-state index contributed by atoms with van der Waals surface area (Å²) in [6.07, 6.45) is 1.32. The van der Waals surface area contributed by atoms with Crippen molar-refractivity contribution >= 4 is 0 Å². The molecule has 1 saturated heterocycles. The van der Waals surface area contributed by atoms with Gasteiger partial charge in [0.25, 0.3) is 0 Å². The smallest absolute Gasteiger partial charge is 0.0587 e. The summed E-state index contributed by atoms with van der Waals surface area (Å²) in [4.78, 5) is 0. The minimum atomic E-state index is 0.668. The van der Waals surface area contributed by atoms with Gasteiger partial charge in [0.1, 0.15) is 0 Å². The fourth-order valence-corrected chi connectivity index (χ4v) is 1.60. The maximum Gasteiger partial charge on any atom is 0.0587 e. The first kappa shape index (κ1) is 9.96. The Labute approximate surface area is 74.9 Å². The van der Waals surface area contributed by atoms with E-state index in [0.717, 1.165) is 25.6 Å². The molecule has 1 rings (SSSR count). The van der Waals surface area contributed by atoms with Crippen LogP contribution in [0.15, 0.2) is 0 Å². The van der Waals surface area contributed by atoms with E-state index in [-0.39, 0.29) is 0 Å². The third-order valence-corrected chi connectivity index (χ3v) is 2.54. The summed E-state index contributed by atoms with van der Waals surface area (Å²) >= 11 is 0. The molecule has 0 aliphatic carbocycles. The van der Waals surface area contributed by atoms with Gasteiger partial charge in [0.15, 0.2) is 0 Å². The number of hydrogen-bond donors (Lipinski definition) is 2. The Kier molecular flexibility index (Phi) is 4.58. The predicted octanol–water partition coefficient (Wildman–Crippen LogP) is 0.220. The molecular weight excluding hydrogens is 152 g/mol. The summed E-state index contributed by atoms with van der Waals surface area (Å²) in [6.45, 7) is 6.33. The first-order chi connectivity index (χ1) is 5.84. The highest BCUT2D eigenvalue weighted by Gasteiger charge is 2.21. The quantitative estimate of drug-likeness (QED) is 0.582. The van der Waals surface area contributed by atoms with Crippen LogP contribution in [0.3, 0.4) is 0 Å². The van der Waals surface area contributed by atoms with Gasteiger partial charge in [-0.15, -0.1) is 0 Å². The van der Waals surface area contributed by atoms with Crippen molar-refractivity contribution in [1.82, 2.24) is 10.6 Å². The molecule has 0 radical (unpaired) electrons. The van der Waals surface area contributed by atoms with E-state index >= 15 is 0 Å². The molecule has 72 valence electrons. The van der Waals surface area contributed by atoms with Crippen molar-refractivity contribution in [1.29, 1.82) is 0 Å². The van der Waals surface area contributed by atoms with Gasteiger partial charge in [-0.1, -0.05) is 6.92 Å². The number of ether oxygens (including phenoxy) is 1. The first-order valence-corrected chi connectivity index (χ1v) is 4.77. The Morgan fingerprint density at radius 3 is 3.00 bits per heavy atom. The Balaban J connectivity index is 1.98. The van der Waals surface area contributed by atoms with E-state index in [0.29, 0.717) is 6.04 Å². The molecule has 0 bridgehead atoms. The van der Waals surface area contributed by atoms with E-state index in [9.17, 15) is 0 Å². The summed E-state index contributed by atoms with van der Waals surface area (Å²) in [5.74, 6) is 0.819. The lowest BCUT2D eigenvalue weighted by Gasteiger charge is -2.15. The van der Waals surface area contributed by atoms with Crippen molar-refractivity contribution in [2.75, 3.05) is 33.4 Å². The number of hydrogen-bond acceptors (Lipinski definition) is 3. The molecule has 2 unspecified atom stereocenters. The summed E-state index contributed by atoms with van der Waals surface area (Å²) in [7, 11) is 1.73. The maximum absolute atomic E-state index is 4.95. The van der Waals surface area contributed by atoms with Crippen molar-refractivity contribution in [3.63, 3.8) is 0 Å². The van der Waals surface area contributed by atoms with Gasteiger partial charge in [-0.2, -0.15) is 0 Å². The second-order valence-corrected chi connectivity index (χ2v) is 3.52. The highest BCUT2D eigenvalue weighted by molar-refractivity contribution is 4.82. The van der Waals surface area contributed by atoms with Crippen LogP contribution in [0.5, 0.6) is 0 Å². The van der Waals surface area contributed by atoms with Crippen molar-refractivity contribution < 1.29 is 4.74 Å². The predicted molar refractivity (Wildman–Crippen MR) is 50.3 cm³/mol. The highest BCUT2D eigenvalue weighted by Crippen LogP contribution is 2.12. The minimum absolute atomic E-state index is 0.668. The van der Waals surface area contributed by atoms with Gasteiger partial charge in [-0.05, 0) is 18.9 Å². The summed E-state index contributed by atoms with van der Waals surface area (Å²) in [5.41, 5.74) is 0. The van der Waals surface area contributed by atoms with Gasteiger partial charge in [-0.3, -0.25) is 0 Å². The second-order valence-electron chi connectivity index (χ2n) is 3.52. The molecule has 2 N–H and O–H groups in total. The van der Waals surface area contributed by atoms with Crippen LogP contribution >= 0.6 is 0 Å². The van der Waals surface area contributed by atoms with E-state index in [1.165, 1.54) is 13.0 Å². The molecule has 1 aliphatic rings. The van der Waals surface area contributed by atoms with Crippen LogP contribution in [0.4, 0.5) is 0 Å². The average molecular weight is 172 g/mol. The van der Waals surface area contributed by atoms with Gasteiger partial charge >= 0.3 is 0 Å². The first-order valence-electron chi connectivity index (χ1n) is 4.77. The third-order valence-electron chi connectivity index (χ3n) is 2.54. The standard InChI is InChI=1S/C9H20N2O/c1-8-3-4-11-9(8)7-10-5-6-12-2/h8-11H,3-7H2,1-2H3. The zero-order valence-corrected chi connectivity index (χ0v) is 8.10. The molecular formula is C9H20N2O. The molecule has 2 atom stereocenters. The molecule has 3 nitrogen and oxygen atoms in total. The molecule has 12 heavy (non-hydrogen) atoms.